The van der Waals surface area contributed by atoms with Crippen LogP contribution in [-0.4, -0.2) is 28.4 Å². The van der Waals surface area contributed by atoms with E-state index in [4.69, 9.17) is 0 Å². The van der Waals surface area contributed by atoms with Gasteiger partial charge in [-0.05, 0) is 39.0 Å². The van der Waals surface area contributed by atoms with Gasteiger partial charge >= 0.3 is 6.18 Å². The summed E-state index contributed by atoms with van der Waals surface area (Å²) in [4.78, 5) is 12.5. The maximum Gasteiger partial charge on any atom is 0.396 e. The molecule has 4 nitrogen and oxygen atoms in total. The summed E-state index contributed by atoms with van der Waals surface area (Å²) in [5.74, 6) is -0.121. The molecule has 3 rings (SSSR count). The molecule has 1 aromatic heterocycles. The molecule has 0 spiro atoms. The number of nitrogens with one attached hydrogen (secondary N) is 1. The number of alkyl halides is 3. The highest BCUT2D eigenvalue weighted by Gasteiger charge is 2.58. The summed E-state index contributed by atoms with van der Waals surface area (Å²) >= 11 is 0. The normalized spacial score (nSPS) is 21.2. The average Bonchev–Trinajstić information content (AvgIpc) is 3.21. The molecule has 0 aromatic carbocycles. The van der Waals surface area contributed by atoms with Gasteiger partial charge in [0.1, 0.15) is 0 Å². The lowest BCUT2D eigenvalue weighted by Crippen LogP contribution is -2.51. The number of aromatic nitrogens is 2. The van der Waals surface area contributed by atoms with Crippen LogP contribution in [0.15, 0.2) is 6.20 Å². The van der Waals surface area contributed by atoms with E-state index in [9.17, 15) is 18.0 Å². The van der Waals surface area contributed by atoms with E-state index in [1.807, 2.05) is 18.5 Å². The largest absolute Gasteiger partial charge is 0.396 e. The Morgan fingerprint density at radius 2 is 2.12 bits per heavy atom. The van der Waals surface area contributed by atoms with E-state index in [2.05, 4.69) is 10.4 Å². The minimum Gasteiger partial charge on any atom is -0.351 e. The van der Waals surface area contributed by atoms with Crippen molar-refractivity contribution >= 4 is 5.91 Å². The maximum atomic E-state index is 13.2. The number of hydrogen-bond acceptors (Lipinski definition) is 2. The third-order valence-corrected chi connectivity index (χ3v) is 5.55. The number of halogens is 3. The van der Waals surface area contributed by atoms with Crippen LogP contribution in [0, 0.1) is 5.41 Å². The molecule has 0 aliphatic heterocycles. The van der Waals surface area contributed by atoms with Crippen LogP contribution >= 0.6 is 0 Å². The van der Waals surface area contributed by atoms with Crippen LogP contribution in [0.4, 0.5) is 13.2 Å². The Hall–Kier alpha value is -1.53. The molecular formula is C17H24F3N3O. The standard InChI is InChI=1S/C17H24F3N3O/c1-3-11(2)23-14(12-5-6-12)13(9-22-23)15(24)21-10-16(7-4-8-16)17(18,19)20/h9,11-12H,3-8,10H2,1-2H3,(H,21,24). The van der Waals surface area contributed by atoms with E-state index >= 15 is 0 Å². The van der Waals surface area contributed by atoms with Crippen molar-refractivity contribution in [2.45, 2.75) is 70.5 Å². The van der Waals surface area contributed by atoms with Crippen LogP contribution < -0.4 is 5.32 Å². The van der Waals surface area contributed by atoms with Crippen LogP contribution in [0.2, 0.25) is 0 Å². The van der Waals surface area contributed by atoms with E-state index in [1.54, 1.807) is 0 Å². The van der Waals surface area contributed by atoms with Gasteiger partial charge < -0.3 is 5.32 Å². The second kappa shape index (κ2) is 6.08. The van der Waals surface area contributed by atoms with Gasteiger partial charge in [-0.3, -0.25) is 9.48 Å². The SMILES string of the molecule is CCC(C)n1ncc(C(=O)NCC2(C(F)(F)F)CCC2)c1C1CC1. The quantitative estimate of drug-likeness (QED) is 0.842. The zero-order valence-electron chi connectivity index (χ0n) is 14.1. The topological polar surface area (TPSA) is 46.9 Å². The first kappa shape index (κ1) is 17.3. The van der Waals surface area contributed by atoms with Gasteiger partial charge in [-0.15, -0.1) is 0 Å². The molecule has 2 fully saturated rings. The summed E-state index contributed by atoms with van der Waals surface area (Å²) in [7, 11) is 0. The van der Waals surface area contributed by atoms with E-state index in [0.717, 1.165) is 25.0 Å². The van der Waals surface area contributed by atoms with E-state index in [-0.39, 0.29) is 25.4 Å². The molecule has 1 heterocycles. The Morgan fingerprint density at radius 1 is 1.46 bits per heavy atom. The van der Waals surface area contributed by atoms with Gasteiger partial charge in [0.25, 0.3) is 5.91 Å². The second-order valence-electron chi connectivity index (χ2n) is 7.23. The van der Waals surface area contributed by atoms with Crippen molar-refractivity contribution in [3.05, 3.63) is 17.5 Å². The predicted octanol–water partition coefficient (Wildman–Crippen LogP) is 4.19. The fourth-order valence-electron chi connectivity index (χ4n) is 3.34. The molecule has 1 aromatic rings. The number of carbonyl (C=O) groups excluding carboxylic acids is 1. The van der Waals surface area contributed by atoms with E-state index in [1.165, 1.54) is 6.20 Å². The van der Waals surface area contributed by atoms with Crippen molar-refractivity contribution in [3.8, 4) is 0 Å². The number of carbonyl (C=O) groups is 1. The van der Waals surface area contributed by atoms with Crippen molar-refractivity contribution < 1.29 is 18.0 Å². The Balaban J connectivity index is 1.75. The summed E-state index contributed by atoms with van der Waals surface area (Å²) in [5, 5.41) is 6.86. The monoisotopic (exact) mass is 343 g/mol. The molecule has 1 unspecified atom stereocenters. The van der Waals surface area contributed by atoms with E-state index < -0.39 is 17.5 Å². The summed E-state index contributed by atoms with van der Waals surface area (Å²) in [6.07, 6.45) is 0.907. The Kier molecular flexibility index (Phi) is 4.38. The molecule has 0 radical (unpaired) electrons. The summed E-state index contributed by atoms with van der Waals surface area (Å²) in [6, 6.07) is 0.176. The van der Waals surface area contributed by atoms with Crippen molar-refractivity contribution in [2.75, 3.05) is 6.54 Å². The zero-order valence-corrected chi connectivity index (χ0v) is 14.1. The smallest absolute Gasteiger partial charge is 0.351 e. The Morgan fingerprint density at radius 3 is 2.58 bits per heavy atom. The van der Waals surface area contributed by atoms with Crippen LogP contribution in [0.5, 0.6) is 0 Å². The molecule has 2 saturated carbocycles. The highest BCUT2D eigenvalue weighted by Crippen LogP contribution is 2.52. The summed E-state index contributed by atoms with van der Waals surface area (Å²) in [5.41, 5.74) is -0.416. The first-order valence-corrected chi connectivity index (χ1v) is 8.71. The molecule has 1 atom stereocenters. The highest BCUT2D eigenvalue weighted by molar-refractivity contribution is 5.95. The number of hydrogen-bond donors (Lipinski definition) is 1. The Bertz CT molecular complexity index is 615. The Labute approximate surface area is 139 Å². The van der Waals surface area contributed by atoms with Crippen molar-refractivity contribution in [3.63, 3.8) is 0 Å². The van der Waals surface area contributed by atoms with Crippen LogP contribution in [0.3, 0.4) is 0 Å². The maximum absolute atomic E-state index is 13.2. The number of amides is 1. The third-order valence-electron chi connectivity index (χ3n) is 5.55. The fourth-order valence-corrected chi connectivity index (χ4v) is 3.34. The minimum absolute atomic E-state index is 0.0956. The van der Waals surface area contributed by atoms with Gasteiger partial charge in [0.15, 0.2) is 0 Å². The average molecular weight is 343 g/mol. The molecule has 134 valence electrons. The number of nitrogens with zero attached hydrogens (tertiary/aromatic N) is 2. The lowest BCUT2D eigenvalue weighted by molar-refractivity contribution is -0.247. The van der Waals surface area contributed by atoms with Gasteiger partial charge in [0.05, 0.1) is 22.9 Å². The fraction of sp³-hybridized carbons (Fsp3) is 0.765. The highest BCUT2D eigenvalue weighted by atomic mass is 19.4. The van der Waals surface area contributed by atoms with Crippen LogP contribution in [0.1, 0.15) is 80.4 Å². The van der Waals surface area contributed by atoms with Gasteiger partial charge in [0, 0.05) is 18.5 Å². The number of rotatable bonds is 6. The molecule has 1 amide bonds. The van der Waals surface area contributed by atoms with Crippen molar-refractivity contribution in [1.29, 1.82) is 0 Å². The third kappa shape index (κ3) is 2.93. The van der Waals surface area contributed by atoms with Gasteiger partial charge in [-0.1, -0.05) is 13.3 Å². The molecule has 0 saturated heterocycles. The molecule has 0 bridgehead atoms. The first-order chi connectivity index (χ1) is 11.3. The first-order valence-electron chi connectivity index (χ1n) is 8.71. The molecule has 1 N–H and O–H groups in total. The van der Waals surface area contributed by atoms with Crippen molar-refractivity contribution in [2.24, 2.45) is 5.41 Å². The zero-order chi connectivity index (χ0) is 17.5. The summed E-state index contributed by atoms with van der Waals surface area (Å²) < 4.78 is 41.5. The van der Waals surface area contributed by atoms with E-state index in [0.29, 0.717) is 17.9 Å². The van der Waals surface area contributed by atoms with Crippen molar-refractivity contribution in [1.82, 2.24) is 15.1 Å². The molecule has 7 heteroatoms. The van der Waals surface area contributed by atoms with Crippen LogP contribution in [0.25, 0.3) is 0 Å². The van der Waals surface area contributed by atoms with Gasteiger partial charge in [-0.2, -0.15) is 18.3 Å². The molecule has 24 heavy (non-hydrogen) atoms. The minimum atomic E-state index is -4.27. The molecule has 2 aliphatic rings. The lowest BCUT2D eigenvalue weighted by Gasteiger charge is -2.43. The van der Waals surface area contributed by atoms with Gasteiger partial charge in [-0.25, -0.2) is 0 Å². The second-order valence-corrected chi connectivity index (χ2v) is 7.23. The molecule has 2 aliphatic carbocycles. The van der Waals surface area contributed by atoms with Crippen LogP contribution in [-0.2, 0) is 0 Å². The predicted molar refractivity (Wildman–Crippen MR) is 83.9 cm³/mol. The summed E-state index contributed by atoms with van der Waals surface area (Å²) in [6.45, 7) is 3.74. The molecular weight excluding hydrogens is 319 g/mol. The van der Waals surface area contributed by atoms with Gasteiger partial charge in [0.2, 0.25) is 0 Å². The lowest BCUT2D eigenvalue weighted by atomic mass is 9.68.